The van der Waals surface area contributed by atoms with Crippen molar-refractivity contribution in [1.82, 2.24) is 15.5 Å². The van der Waals surface area contributed by atoms with Crippen molar-refractivity contribution < 1.29 is 4.79 Å². The molecule has 20 heavy (non-hydrogen) atoms. The summed E-state index contributed by atoms with van der Waals surface area (Å²) in [5.41, 5.74) is 1.17. The number of amides is 1. The van der Waals surface area contributed by atoms with Crippen molar-refractivity contribution in [1.29, 1.82) is 0 Å². The maximum atomic E-state index is 12.4. The van der Waals surface area contributed by atoms with Crippen molar-refractivity contribution in [3.8, 4) is 0 Å². The minimum Gasteiger partial charge on any atom is -0.348 e. The van der Waals surface area contributed by atoms with Gasteiger partial charge >= 0.3 is 0 Å². The first kappa shape index (κ1) is 15.0. The number of carbonyl (C=O) groups is 1. The fraction of sp³-hybridized carbons (Fsp3) is 0.562. The van der Waals surface area contributed by atoms with E-state index >= 15 is 0 Å². The molecule has 1 unspecified atom stereocenters. The molecule has 1 amide bonds. The number of benzene rings is 1. The first-order valence-corrected chi connectivity index (χ1v) is 7.37. The zero-order valence-electron chi connectivity index (χ0n) is 12.4. The monoisotopic (exact) mass is 275 g/mol. The van der Waals surface area contributed by atoms with Crippen LogP contribution in [-0.4, -0.2) is 44.5 Å². The van der Waals surface area contributed by atoms with Crippen LogP contribution in [0.2, 0.25) is 0 Å². The van der Waals surface area contributed by atoms with Crippen LogP contribution < -0.4 is 10.6 Å². The number of nitrogens with one attached hydrogen (secondary N) is 2. The number of piperidine rings is 1. The fourth-order valence-electron chi connectivity index (χ4n) is 2.65. The van der Waals surface area contributed by atoms with Gasteiger partial charge in [0.1, 0.15) is 0 Å². The Bertz CT molecular complexity index is 413. The maximum absolute atomic E-state index is 12.4. The summed E-state index contributed by atoms with van der Waals surface area (Å²) in [6.07, 6.45) is 2.07. The van der Waals surface area contributed by atoms with Crippen molar-refractivity contribution >= 4 is 5.91 Å². The van der Waals surface area contributed by atoms with E-state index in [-0.39, 0.29) is 17.9 Å². The van der Waals surface area contributed by atoms with Crippen LogP contribution in [-0.2, 0) is 4.79 Å². The zero-order valence-corrected chi connectivity index (χ0v) is 12.4. The molecule has 4 nitrogen and oxygen atoms in total. The zero-order chi connectivity index (χ0) is 14.4. The lowest BCUT2D eigenvalue weighted by molar-refractivity contribution is -0.126. The van der Waals surface area contributed by atoms with E-state index < -0.39 is 0 Å². The molecule has 2 atom stereocenters. The van der Waals surface area contributed by atoms with Gasteiger partial charge in [0.05, 0.1) is 12.0 Å². The van der Waals surface area contributed by atoms with Gasteiger partial charge < -0.3 is 15.5 Å². The number of hydrogen-bond acceptors (Lipinski definition) is 3. The van der Waals surface area contributed by atoms with Crippen molar-refractivity contribution in [2.45, 2.75) is 18.9 Å². The van der Waals surface area contributed by atoms with Crippen LogP contribution in [0.15, 0.2) is 30.3 Å². The predicted octanol–water partition coefficient (Wildman–Crippen LogP) is 1.41. The van der Waals surface area contributed by atoms with Crippen LogP contribution >= 0.6 is 0 Å². The van der Waals surface area contributed by atoms with Crippen LogP contribution in [0, 0.1) is 5.92 Å². The Morgan fingerprint density at radius 2 is 2.15 bits per heavy atom. The van der Waals surface area contributed by atoms with E-state index in [4.69, 9.17) is 0 Å². The lowest BCUT2D eigenvalue weighted by atomic mass is 9.97. The Hall–Kier alpha value is -1.39. The van der Waals surface area contributed by atoms with Gasteiger partial charge in [0, 0.05) is 13.1 Å². The Balaban J connectivity index is 2.01. The Labute approximate surface area is 121 Å². The number of carbonyl (C=O) groups excluding carboxylic acids is 1. The molecule has 0 radical (unpaired) electrons. The van der Waals surface area contributed by atoms with E-state index in [0.717, 1.165) is 32.5 Å². The van der Waals surface area contributed by atoms with Gasteiger partial charge in [0.15, 0.2) is 0 Å². The molecule has 0 spiro atoms. The van der Waals surface area contributed by atoms with Crippen molar-refractivity contribution in [3.05, 3.63) is 35.9 Å². The fourth-order valence-corrected chi connectivity index (χ4v) is 2.65. The van der Waals surface area contributed by atoms with Crippen molar-refractivity contribution in [2.24, 2.45) is 5.92 Å². The molecule has 0 aromatic heterocycles. The second-order valence-electron chi connectivity index (χ2n) is 5.78. The van der Waals surface area contributed by atoms with Gasteiger partial charge in [-0.25, -0.2) is 0 Å². The molecule has 0 aliphatic carbocycles. The second-order valence-corrected chi connectivity index (χ2v) is 5.78. The summed E-state index contributed by atoms with van der Waals surface area (Å²) < 4.78 is 0. The van der Waals surface area contributed by atoms with E-state index in [1.54, 1.807) is 0 Å². The molecule has 0 bridgehead atoms. The predicted molar refractivity (Wildman–Crippen MR) is 81.5 cm³/mol. The molecule has 2 N–H and O–H groups in total. The molecule has 1 saturated heterocycles. The van der Waals surface area contributed by atoms with E-state index in [9.17, 15) is 4.79 Å². The van der Waals surface area contributed by atoms with Crippen LogP contribution in [0.1, 0.15) is 24.4 Å². The number of likely N-dealkylation sites (N-methyl/N-ethyl adjacent to an activating group) is 1. The van der Waals surface area contributed by atoms with E-state index in [1.807, 2.05) is 32.3 Å². The van der Waals surface area contributed by atoms with Gasteiger partial charge in [-0.1, -0.05) is 30.3 Å². The molecule has 1 aliphatic heterocycles. The molecular weight excluding hydrogens is 250 g/mol. The molecule has 1 aromatic carbocycles. The Morgan fingerprint density at radius 1 is 1.40 bits per heavy atom. The second kappa shape index (κ2) is 7.41. The SMILES string of the molecule is CN(C)CC(NC(=O)[C@@H]1CCCNC1)c1ccccc1. The summed E-state index contributed by atoms with van der Waals surface area (Å²) >= 11 is 0. The van der Waals surface area contributed by atoms with Gasteiger partial charge in [-0.15, -0.1) is 0 Å². The first-order valence-electron chi connectivity index (χ1n) is 7.37. The summed E-state index contributed by atoms with van der Waals surface area (Å²) in [5.74, 6) is 0.282. The van der Waals surface area contributed by atoms with Gasteiger partial charge in [-0.05, 0) is 39.0 Å². The van der Waals surface area contributed by atoms with E-state index in [1.165, 1.54) is 5.56 Å². The van der Waals surface area contributed by atoms with Gasteiger partial charge in [0.25, 0.3) is 0 Å². The summed E-state index contributed by atoms with van der Waals surface area (Å²) in [5, 5.41) is 6.51. The highest BCUT2D eigenvalue weighted by atomic mass is 16.2. The molecular formula is C16H25N3O. The van der Waals surface area contributed by atoms with Crippen molar-refractivity contribution in [3.63, 3.8) is 0 Å². The minimum atomic E-state index is 0.0561. The summed E-state index contributed by atoms with van der Waals surface area (Å²) in [6.45, 7) is 2.65. The summed E-state index contributed by atoms with van der Waals surface area (Å²) in [6, 6.07) is 10.3. The molecule has 1 fully saturated rings. The van der Waals surface area contributed by atoms with Crippen LogP contribution in [0.3, 0.4) is 0 Å². The highest BCUT2D eigenvalue weighted by molar-refractivity contribution is 5.79. The normalized spacial score (nSPS) is 20.6. The third-order valence-corrected chi connectivity index (χ3v) is 3.73. The minimum absolute atomic E-state index is 0.0561. The quantitative estimate of drug-likeness (QED) is 0.854. The molecule has 0 saturated carbocycles. The number of rotatable bonds is 5. The maximum Gasteiger partial charge on any atom is 0.224 e. The largest absolute Gasteiger partial charge is 0.348 e. The Morgan fingerprint density at radius 3 is 2.75 bits per heavy atom. The molecule has 2 rings (SSSR count). The standard InChI is InChI=1S/C16H25N3O/c1-19(2)12-15(13-7-4-3-5-8-13)18-16(20)14-9-6-10-17-11-14/h3-5,7-8,14-15,17H,6,9-12H2,1-2H3,(H,18,20)/t14-,15?/m1/s1. The highest BCUT2D eigenvalue weighted by Crippen LogP contribution is 2.16. The molecule has 1 heterocycles. The third kappa shape index (κ3) is 4.32. The van der Waals surface area contributed by atoms with Crippen LogP contribution in [0.25, 0.3) is 0 Å². The first-order chi connectivity index (χ1) is 9.66. The lowest BCUT2D eigenvalue weighted by Gasteiger charge is -2.27. The molecule has 1 aliphatic rings. The smallest absolute Gasteiger partial charge is 0.224 e. The van der Waals surface area contributed by atoms with Crippen molar-refractivity contribution in [2.75, 3.05) is 33.7 Å². The summed E-state index contributed by atoms with van der Waals surface area (Å²) in [4.78, 5) is 14.5. The van der Waals surface area contributed by atoms with Gasteiger partial charge in [-0.2, -0.15) is 0 Å². The van der Waals surface area contributed by atoms with Crippen LogP contribution in [0.4, 0.5) is 0 Å². The highest BCUT2D eigenvalue weighted by Gasteiger charge is 2.24. The van der Waals surface area contributed by atoms with Crippen LogP contribution in [0.5, 0.6) is 0 Å². The molecule has 4 heteroatoms. The number of hydrogen-bond donors (Lipinski definition) is 2. The van der Waals surface area contributed by atoms with Gasteiger partial charge in [-0.3, -0.25) is 4.79 Å². The molecule has 110 valence electrons. The third-order valence-electron chi connectivity index (χ3n) is 3.73. The molecule has 1 aromatic rings. The topological polar surface area (TPSA) is 44.4 Å². The lowest BCUT2D eigenvalue weighted by Crippen LogP contribution is -2.43. The average molecular weight is 275 g/mol. The van der Waals surface area contributed by atoms with Gasteiger partial charge in [0.2, 0.25) is 5.91 Å². The number of nitrogens with zero attached hydrogens (tertiary/aromatic N) is 1. The van der Waals surface area contributed by atoms with E-state index in [0.29, 0.717) is 0 Å². The average Bonchev–Trinajstić information content (AvgIpc) is 2.48. The Kier molecular flexibility index (Phi) is 5.56. The van der Waals surface area contributed by atoms with E-state index in [2.05, 4.69) is 27.7 Å². The summed E-state index contributed by atoms with van der Waals surface area (Å²) in [7, 11) is 4.06.